The number of carbonyl (C=O) groups is 3. The lowest BCUT2D eigenvalue weighted by Crippen LogP contribution is -2.57. The van der Waals surface area contributed by atoms with Gasteiger partial charge in [-0.2, -0.15) is 0 Å². The molecule has 4 rings (SSSR count). The number of hydrogen-bond acceptors (Lipinski definition) is 6. The van der Waals surface area contributed by atoms with Gasteiger partial charge in [-0.15, -0.1) is 18.3 Å². The topological polar surface area (TPSA) is 87.2 Å². The molecule has 3 aliphatic rings. The molecule has 1 aromatic rings. The average Bonchev–Trinajstić information content (AvgIpc) is 3.45. The molecule has 3 saturated heterocycles. The number of carbonyl (C=O) groups excluding carboxylic acids is 3. The molecule has 3 heterocycles. The van der Waals surface area contributed by atoms with E-state index in [1.165, 1.54) is 0 Å². The highest BCUT2D eigenvalue weighted by atomic mass is 32.2. The van der Waals surface area contributed by atoms with Crippen molar-refractivity contribution in [1.29, 1.82) is 0 Å². The maximum Gasteiger partial charge on any atom is 0.310 e. The van der Waals surface area contributed by atoms with Crippen LogP contribution < -0.4 is 4.90 Å². The number of likely N-dealkylation sites (tertiary alicyclic amines) is 1. The third-order valence-corrected chi connectivity index (χ3v) is 10.4. The predicted molar refractivity (Wildman–Crippen MR) is 146 cm³/mol. The molecule has 3 unspecified atom stereocenters. The summed E-state index contributed by atoms with van der Waals surface area (Å²) >= 11 is 1.67. The van der Waals surface area contributed by atoms with Crippen LogP contribution in [0.5, 0.6) is 0 Å². The zero-order valence-corrected chi connectivity index (χ0v) is 23.3. The number of benzene rings is 1. The Morgan fingerprint density at radius 1 is 1.30 bits per heavy atom. The normalized spacial score (nSPS) is 29.9. The van der Waals surface area contributed by atoms with E-state index in [0.29, 0.717) is 25.9 Å². The van der Waals surface area contributed by atoms with Crippen LogP contribution in [0.2, 0.25) is 0 Å². The van der Waals surface area contributed by atoms with Crippen molar-refractivity contribution in [3.63, 3.8) is 0 Å². The van der Waals surface area contributed by atoms with Gasteiger partial charge < -0.3 is 19.6 Å². The number of aliphatic hydroxyl groups is 1. The first-order valence-corrected chi connectivity index (χ1v) is 14.4. The number of rotatable bonds is 11. The van der Waals surface area contributed by atoms with Crippen LogP contribution in [-0.2, 0) is 19.1 Å². The second-order valence-corrected chi connectivity index (χ2v) is 12.2. The number of hydrogen-bond donors (Lipinski definition) is 1. The lowest BCUT2D eigenvalue weighted by molar-refractivity contribution is -0.154. The van der Waals surface area contributed by atoms with Gasteiger partial charge in [0.05, 0.1) is 23.2 Å². The van der Waals surface area contributed by atoms with Crippen molar-refractivity contribution in [2.75, 3.05) is 31.2 Å². The SMILES string of the molecule is C=CCN(C(=O)C1N(CCCCCO)C(=O)[C@@H]2[C@H](C(=O)OCC)[C@@H]3CC(C)C12S3)c1cc(C)ccc1C. The fourth-order valence-electron chi connectivity index (χ4n) is 6.71. The highest BCUT2D eigenvalue weighted by Gasteiger charge is 2.76. The summed E-state index contributed by atoms with van der Waals surface area (Å²) in [6.07, 6.45) is 4.61. The lowest BCUT2D eigenvalue weighted by atomic mass is 9.66. The van der Waals surface area contributed by atoms with Crippen LogP contribution in [0.1, 0.15) is 50.7 Å². The van der Waals surface area contributed by atoms with Crippen LogP contribution >= 0.6 is 11.8 Å². The summed E-state index contributed by atoms with van der Waals surface area (Å²) in [6, 6.07) is 5.37. The van der Waals surface area contributed by atoms with Crippen molar-refractivity contribution < 1.29 is 24.2 Å². The van der Waals surface area contributed by atoms with E-state index < -0.39 is 22.6 Å². The summed E-state index contributed by atoms with van der Waals surface area (Å²) in [4.78, 5) is 45.4. The molecule has 0 aliphatic carbocycles. The molecule has 0 aromatic heterocycles. The number of fused-ring (bicyclic) bond motifs is 1. The van der Waals surface area contributed by atoms with Crippen molar-refractivity contribution in [2.45, 2.75) is 69.4 Å². The van der Waals surface area contributed by atoms with Crippen LogP contribution in [0, 0.1) is 31.6 Å². The zero-order valence-electron chi connectivity index (χ0n) is 22.4. The van der Waals surface area contributed by atoms with Crippen molar-refractivity contribution in [3.05, 3.63) is 42.0 Å². The second kappa shape index (κ2) is 11.2. The van der Waals surface area contributed by atoms with Crippen LogP contribution in [0.15, 0.2) is 30.9 Å². The zero-order chi connectivity index (χ0) is 26.9. The van der Waals surface area contributed by atoms with Gasteiger partial charge in [-0.05, 0) is 69.6 Å². The van der Waals surface area contributed by atoms with Gasteiger partial charge in [0.2, 0.25) is 5.91 Å². The second-order valence-electron chi connectivity index (χ2n) is 10.6. The van der Waals surface area contributed by atoms with Crippen molar-refractivity contribution in [2.24, 2.45) is 17.8 Å². The molecule has 0 radical (unpaired) electrons. The average molecular weight is 529 g/mol. The summed E-state index contributed by atoms with van der Waals surface area (Å²) in [5, 5.41) is 9.22. The minimum atomic E-state index is -0.677. The molecule has 1 spiro atoms. The maximum absolute atomic E-state index is 14.6. The van der Waals surface area contributed by atoms with Gasteiger partial charge in [0.1, 0.15) is 6.04 Å². The van der Waals surface area contributed by atoms with Gasteiger partial charge in [-0.1, -0.05) is 25.1 Å². The Hall–Kier alpha value is -2.32. The number of aryl methyl sites for hydroxylation is 2. The Bertz CT molecular complexity index is 1060. The summed E-state index contributed by atoms with van der Waals surface area (Å²) in [5.74, 6) is -1.54. The number of nitrogens with zero attached hydrogens (tertiary/aromatic N) is 2. The molecule has 3 aliphatic heterocycles. The van der Waals surface area contributed by atoms with Gasteiger partial charge in [-0.25, -0.2) is 0 Å². The summed E-state index contributed by atoms with van der Waals surface area (Å²) in [5.41, 5.74) is 2.85. The van der Waals surface area contributed by atoms with Gasteiger partial charge in [-0.3, -0.25) is 14.4 Å². The molecule has 8 heteroatoms. The van der Waals surface area contributed by atoms with Crippen molar-refractivity contribution in [1.82, 2.24) is 4.90 Å². The van der Waals surface area contributed by atoms with Gasteiger partial charge >= 0.3 is 5.97 Å². The van der Waals surface area contributed by atoms with E-state index in [1.807, 2.05) is 32.0 Å². The maximum atomic E-state index is 14.6. The molecule has 202 valence electrons. The number of ether oxygens (including phenoxy) is 1. The van der Waals surface area contributed by atoms with E-state index in [2.05, 4.69) is 13.5 Å². The highest BCUT2D eigenvalue weighted by molar-refractivity contribution is 8.02. The molecule has 7 nitrogen and oxygen atoms in total. The Morgan fingerprint density at radius 3 is 2.73 bits per heavy atom. The minimum Gasteiger partial charge on any atom is -0.466 e. The summed E-state index contributed by atoms with van der Waals surface area (Å²) < 4.78 is 4.76. The molecule has 6 atom stereocenters. The molecule has 37 heavy (non-hydrogen) atoms. The standard InChI is InChI=1S/C29H40N2O5S/c1-6-13-30(21-16-18(3)11-12-19(21)4)27(34)25-29-20(5)17-22(37-29)23(28(35)36-7-2)24(29)26(33)31(25)14-9-8-10-15-32/h6,11-12,16,20,22-25,32H,1,7-10,13-15,17H2,2-5H3/t20?,22-,23+,24-,25?,29?/m0/s1. The first-order chi connectivity index (χ1) is 17.7. The molecule has 1 aromatic carbocycles. The van der Waals surface area contributed by atoms with E-state index in [-0.39, 0.29) is 42.2 Å². The third kappa shape index (κ3) is 4.60. The Morgan fingerprint density at radius 2 is 2.05 bits per heavy atom. The van der Waals surface area contributed by atoms with E-state index in [0.717, 1.165) is 29.7 Å². The number of aliphatic hydroxyl groups excluding tert-OH is 1. The molecule has 2 amide bonds. The number of esters is 1. The van der Waals surface area contributed by atoms with E-state index >= 15 is 0 Å². The van der Waals surface area contributed by atoms with Crippen LogP contribution in [0.4, 0.5) is 5.69 Å². The molecular formula is C29H40N2O5S. The predicted octanol–water partition coefficient (Wildman–Crippen LogP) is 3.89. The fourth-order valence-corrected chi connectivity index (χ4v) is 9.11. The monoisotopic (exact) mass is 528 g/mol. The van der Waals surface area contributed by atoms with E-state index in [9.17, 15) is 19.5 Å². The number of unbranched alkanes of at least 4 members (excludes halogenated alkanes) is 2. The fraction of sp³-hybridized carbons (Fsp3) is 0.621. The van der Waals surface area contributed by atoms with E-state index in [1.54, 1.807) is 34.6 Å². The van der Waals surface area contributed by atoms with Gasteiger partial charge in [0, 0.05) is 30.6 Å². The molecular weight excluding hydrogens is 488 g/mol. The van der Waals surface area contributed by atoms with Gasteiger partial charge in [0.25, 0.3) is 5.91 Å². The quantitative estimate of drug-likeness (QED) is 0.266. The number of anilines is 1. The lowest BCUT2D eigenvalue weighted by Gasteiger charge is -2.40. The van der Waals surface area contributed by atoms with Crippen molar-refractivity contribution >= 4 is 35.2 Å². The Labute approximate surface area is 224 Å². The largest absolute Gasteiger partial charge is 0.466 e. The molecule has 2 bridgehead atoms. The smallest absolute Gasteiger partial charge is 0.310 e. The first-order valence-electron chi connectivity index (χ1n) is 13.5. The van der Waals surface area contributed by atoms with E-state index in [4.69, 9.17) is 4.74 Å². The molecule has 1 N–H and O–H groups in total. The summed E-state index contributed by atoms with van der Waals surface area (Å²) in [7, 11) is 0. The number of amides is 2. The van der Waals surface area contributed by atoms with Crippen LogP contribution in [0.3, 0.4) is 0 Å². The Kier molecular flexibility index (Phi) is 8.38. The Balaban J connectivity index is 1.79. The highest BCUT2D eigenvalue weighted by Crippen LogP contribution is 2.68. The third-order valence-electron chi connectivity index (χ3n) is 8.33. The molecule has 0 saturated carbocycles. The first kappa shape index (κ1) is 27.7. The van der Waals surface area contributed by atoms with Gasteiger partial charge in [0.15, 0.2) is 0 Å². The number of thioether (sulfide) groups is 1. The van der Waals surface area contributed by atoms with Crippen LogP contribution in [0.25, 0.3) is 0 Å². The molecule has 3 fully saturated rings. The van der Waals surface area contributed by atoms with Crippen molar-refractivity contribution in [3.8, 4) is 0 Å². The minimum absolute atomic E-state index is 0.0246. The summed E-state index contributed by atoms with van der Waals surface area (Å²) in [6.45, 7) is 12.9. The van der Waals surface area contributed by atoms with Crippen LogP contribution in [-0.4, -0.2) is 70.1 Å².